The molecular weight excluding hydrogens is 228 g/mol. The van der Waals surface area contributed by atoms with E-state index >= 15 is 0 Å². The van der Waals surface area contributed by atoms with E-state index in [9.17, 15) is 0 Å². The summed E-state index contributed by atoms with van der Waals surface area (Å²) in [6, 6.07) is 8.19. The highest BCUT2D eigenvalue weighted by atomic mass is 16.5. The summed E-state index contributed by atoms with van der Waals surface area (Å²) in [5, 5.41) is 3.16. The molecule has 1 aliphatic heterocycles. The first-order valence-electron chi connectivity index (χ1n) is 6.55. The Morgan fingerprint density at radius 2 is 2.06 bits per heavy atom. The van der Waals surface area contributed by atoms with Crippen LogP contribution in [-0.4, -0.2) is 51.4 Å². The minimum atomic E-state index is 0.737. The molecule has 0 aromatic heterocycles. The van der Waals surface area contributed by atoms with Crippen molar-refractivity contribution in [3.05, 3.63) is 29.8 Å². The van der Waals surface area contributed by atoms with Gasteiger partial charge in [0.2, 0.25) is 0 Å². The molecule has 4 heteroatoms. The number of nitrogens with zero attached hydrogens (tertiary/aromatic N) is 1. The molecule has 1 N–H and O–H groups in total. The average Bonchev–Trinajstić information content (AvgIpc) is 2.42. The Kier molecular flexibility index (Phi) is 5.45. The fourth-order valence-electron chi connectivity index (χ4n) is 2.09. The SMILES string of the molecule is CNCc1ccccc1OCCN1CCOCC1. The smallest absolute Gasteiger partial charge is 0.123 e. The molecule has 1 heterocycles. The maximum absolute atomic E-state index is 5.87. The Hall–Kier alpha value is -1.10. The normalized spacial score (nSPS) is 16.7. The van der Waals surface area contributed by atoms with Crippen LogP contribution in [0.1, 0.15) is 5.56 Å². The average molecular weight is 250 g/mol. The maximum Gasteiger partial charge on any atom is 0.123 e. The largest absolute Gasteiger partial charge is 0.492 e. The second-order valence-corrected chi connectivity index (χ2v) is 4.44. The highest BCUT2D eigenvalue weighted by Gasteiger charge is 2.10. The van der Waals surface area contributed by atoms with Crippen LogP contribution in [0.3, 0.4) is 0 Å². The summed E-state index contributed by atoms with van der Waals surface area (Å²) < 4.78 is 11.2. The van der Waals surface area contributed by atoms with Crippen LogP contribution in [0.5, 0.6) is 5.75 Å². The number of benzene rings is 1. The Morgan fingerprint density at radius 3 is 2.83 bits per heavy atom. The van der Waals surface area contributed by atoms with Crippen molar-refractivity contribution in [2.75, 3.05) is 46.5 Å². The van der Waals surface area contributed by atoms with E-state index < -0.39 is 0 Å². The number of hydrogen-bond donors (Lipinski definition) is 1. The predicted octanol–water partition coefficient (Wildman–Crippen LogP) is 1.12. The van der Waals surface area contributed by atoms with Crippen LogP contribution in [0, 0.1) is 0 Å². The molecule has 0 spiro atoms. The lowest BCUT2D eigenvalue weighted by molar-refractivity contribution is 0.0322. The molecule has 0 unspecified atom stereocenters. The molecule has 4 nitrogen and oxygen atoms in total. The Balaban J connectivity index is 1.78. The molecule has 0 saturated carbocycles. The van der Waals surface area contributed by atoms with E-state index in [1.54, 1.807) is 0 Å². The summed E-state index contributed by atoms with van der Waals surface area (Å²) in [4.78, 5) is 2.38. The molecule has 0 radical (unpaired) electrons. The Morgan fingerprint density at radius 1 is 1.28 bits per heavy atom. The second-order valence-electron chi connectivity index (χ2n) is 4.44. The Labute approximate surface area is 109 Å². The molecule has 0 atom stereocenters. The standard InChI is InChI=1S/C14H22N2O2/c1-15-12-13-4-2-3-5-14(13)18-11-8-16-6-9-17-10-7-16/h2-5,15H,6-12H2,1H3. The van der Waals surface area contributed by atoms with Crippen molar-refractivity contribution in [1.29, 1.82) is 0 Å². The van der Waals surface area contributed by atoms with E-state index in [-0.39, 0.29) is 0 Å². The zero-order valence-electron chi connectivity index (χ0n) is 11.0. The van der Waals surface area contributed by atoms with E-state index in [0.717, 1.165) is 51.7 Å². The number of hydrogen-bond acceptors (Lipinski definition) is 4. The van der Waals surface area contributed by atoms with E-state index in [1.165, 1.54) is 5.56 Å². The summed E-state index contributed by atoms with van der Waals surface area (Å²) in [6.45, 7) is 6.27. The van der Waals surface area contributed by atoms with Crippen LogP contribution in [0.15, 0.2) is 24.3 Å². The van der Waals surface area contributed by atoms with Gasteiger partial charge in [0, 0.05) is 31.7 Å². The lowest BCUT2D eigenvalue weighted by Crippen LogP contribution is -2.38. The molecule has 1 aromatic rings. The first kappa shape index (κ1) is 13.3. The van der Waals surface area contributed by atoms with Gasteiger partial charge in [0.05, 0.1) is 13.2 Å². The summed E-state index contributed by atoms with van der Waals surface area (Å²) >= 11 is 0. The fourth-order valence-corrected chi connectivity index (χ4v) is 2.09. The molecule has 1 fully saturated rings. The van der Waals surface area contributed by atoms with Crippen LogP contribution >= 0.6 is 0 Å². The fraction of sp³-hybridized carbons (Fsp3) is 0.571. The van der Waals surface area contributed by atoms with Crippen molar-refractivity contribution in [1.82, 2.24) is 10.2 Å². The molecule has 18 heavy (non-hydrogen) atoms. The Bertz CT molecular complexity index is 351. The van der Waals surface area contributed by atoms with E-state index in [1.807, 2.05) is 25.2 Å². The van der Waals surface area contributed by atoms with Crippen molar-refractivity contribution < 1.29 is 9.47 Å². The van der Waals surface area contributed by atoms with Crippen LogP contribution < -0.4 is 10.1 Å². The van der Waals surface area contributed by atoms with Gasteiger partial charge in [-0.15, -0.1) is 0 Å². The second kappa shape index (κ2) is 7.36. The molecule has 100 valence electrons. The molecule has 0 aliphatic carbocycles. The molecular formula is C14H22N2O2. The lowest BCUT2D eigenvalue weighted by atomic mass is 10.2. The number of rotatable bonds is 6. The molecule has 0 bridgehead atoms. The highest BCUT2D eigenvalue weighted by Crippen LogP contribution is 2.17. The van der Waals surface area contributed by atoms with Gasteiger partial charge >= 0.3 is 0 Å². The van der Waals surface area contributed by atoms with Crippen molar-refractivity contribution in [2.24, 2.45) is 0 Å². The van der Waals surface area contributed by atoms with Gasteiger partial charge in [-0.05, 0) is 13.1 Å². The summed E-state index contributed by atoms with van der Waals surface area (Å²) in [7, 11) is 1.95. The zero-order valence-corrected chi connectivity index (χ0v) is 11.0. The van der Waals surface area contributed by atoms with Gasteiger partial charge < -0.3 is 14.8 Å². The monoisotopic (exact) mass is 250 g/mol. The summed E-state index contributed by atoms with van der Waals surface area (Å²) in [5.41, 5.74) is 1.21. The van der Waals surface area contributed by atoms with Gasteiger partial charge in [0.1, 0.15) is 12.4 Å². The van der Waals surface area contributed by atoms with E-state index in [0.29, 0.717) is 0 Å². The van der Waals surface area contributed by atoms with Crippen molar-refractivity contribution in [2.45, 2.75) is 6.54 Å². The topological polar surface area (TPSA) is 33.7 Å². The third kappa shape index (κ3) is 3.98. The summed E-state index contributed by atoms with van der Waals surface area (Å²) in [6.07, 6.45) is 0. The van der Waals surface area contributed by atoms with Gasteiger partial charge in [-0.3, -0.25) is 4.90 Å². The van der Waals surface area contributed by atoms with Crippen molar-refractivity contribution >= 4 is 0 Å². The zero-order chi connectivity index (χ0) is 12.6. The van der Waals surface area contributed by atoms with Crippen molar-refractivity contribution in [3.63, 3.8) is 0 Å². The minimum absolute atomic E-state index is 0.737. The molecule has 2 rings (SSSR count). The number of nitrogens with one attached hydrogen (secondary N) is 1. The number of ether oxygens (including phenoxy) is 2. The third-order valence-electron chi connectivity index (χ3n) is 3.11. The van der Waals surface area contributed by atoms with Crippen molar-refractivity contribution in [3.8, 4) is 5.75 Å². The van der Waals surface area contributed by atoms with Gasteiger partial charge in [0.15, 0.2) is 0 Å². The highest BCUT2D eigenvalue weighted by molar-refractivity contribution is 5.33. The van der Waals surface area contributed by atoms with Crippen LogP contribution in [-0.2, 0) is 11.3 Å². The molecule has 1 aromatic carbocycles. The quantitative estimate of drug-likeness (QED) is 0.820. The van der Waals surface area contributed by atoms with E-state index in [2.05, 4.69) is 16.3 Å². The van der Waals surface area contributed by atoms with Gasteiger partial charge in [-0.25, -0.2) is 0 Å². The molecule has 0 amide bonds. The van der Waals surface area contributed by atoms with Gasteiger partial charge in [-0.2, -0.15) is 0 Å². The van der Waals surface area contributed by atoms with E-state index in [4.69, 9.17) is 9.47 Å². The van der Waals surface area contributed by atoms with Crippen LogP contribution in [0.25, 0.3) is 0 Å². The number of para-hydroxylation sites is 1. The van der Waals surface area contributed by atoms with Crippen LogP contribution in [0.4, 0.5) is 0 Å². The lowest BCUT2D eigenvalue weighted by Gasteiger charge is -2.26. The first-order valence-corrected chi connectivity index (χ1v) is 6.55. The first-order chi connectivity index (χ1) is 8.90. The predicted molar refractivity (Wildman–Crippen MR) is 72.0 cm³/mol. The number of morpholine rings is 1. The third-order valence-corrected chi connectivity index (χ3v) is 3.11. The van der Waals surface area contributed by atoms with Gasteiger partial charge in [0.25, 0.3) is 0 Å². The minimum Gasteiger partial charge on any atom is -0.492 e. The molecule has 1 aliphatic rings. The van der Waals surface area contributed by atoms with Gasteiger partial charge in [-0.1, -0.05) is 18.2 Å². The maximum atomic E-state index is 5.87. The molecule has 1 saturated heterocycles. The van der Waals surface area contributed by atoms with Crippen LogP contribution in [0.2, 0.25) is 0 Å². The summed E-state index contributed by atoms with van der Waals surface area (Å²) in [5.74, 6) is 0.986.